The number of nitrogens with one attached hydrogen (secondary N) is 1. The second-order valence-corrected chi connectivity index (χ2v) is 8.44. The molecule has 2 heterocycles. The molecule has 2 aromatic heterocycles. The second-order valence-electron chi connectivity index (χ2n) is 5.50. The molecule has 0 unspecified atom stereocenters. The van der Waals surface area contributed by atoms with Crippen molar-refractivity contribution in [2.24, 2.45) is 0 Å². The fourth-order valence-electron chi connectivity index (χ4n) is 2.24. The van der Waals surface area contributed by atoms with E-state index in [4.69, 9.17) is 18.7 Å². The zero-order chi connectivity index (χ0) is 20.9. The molecule has 0 amide bonds. The topological polar surface area (TPSA) is 130 Å². The van der Waals surface area contributed by atoms with E-state index in [0.717, 1.165) is 11.3 Å². The van der Waals surface area contributed by atoms with Gasteiger partial charge >= 0.3 is 5.97 Å². The number of ether oxygens (including phenoxy) is 3. The number of benzene rings is 1. The molecular weight excluding hydrogens is 422 g/mol. The average Bonchev–Trinajstić information content (AvgIpc) is 3.42. The first kappa shape index (κ1) is 20.8. The Bertz CT molecular complexity index is 1080. The normalized spacial score (nSPS) is 11.2. The Morgan fingerprint density at radius 3 is 2.76 bits per heavy atom. The SMILES string of the molecule is COc1ccc(-c2noc(COC(=O)CNS(=O)(=O)c3cccs3)n2)c(OC)c1. The van der Waals surface area contributed by atoms with Crippen LogP contribution in [0.2, 0.25) is 0 Å². The summed E-state index contributed by atoms with van der Waals surface area (Å²) in [5.74, 6) is 0.595. The van der Waals surface area contributed by atoms with Crippen molar-refractivity contribution >= 4 is 27.3 Å². The van der Waals surface area contributed by atoms with E-state index in [1.807, 2.05) is 0 Å². The van der Waals surface area contributed by atoms with Crippen LogP contribution in [0.5, 0.6) is 11.5 Å². The van der Waals surface area contributed by atoms with Crippen LogP contribution in [-0.4, -0.2) is 45.3 Å². The Hall–Kier alpha value is -2.96. The summed E-state index contributed by atoms with van der Waals surface area (Å²) in [5.41, 5.74) is 0.568. The summed E-state index contributed by atoms with van der Waals surface area (Å²) in [7, 11) is -0.712. The molecule has 0 saturated carbocycles. The number of hydrogen-bond donors (Lipinski definition) is 1. The first-order chi connectivity index (χ1) is 13.9. The van der Waals surface area contributed by atoms with Crippen molar-refractivity contribution in [1.29, 1.82) is 0 Å². The summed E-state index contributed by atoms with van der Waals surface area (Å²) in [6.07, 6.45) is 0. The summed E-state index contributed by atoms with van der Waals surface area (Å²) >= 11 is 1.04. The number of esters is 1. The molecule has 29 heavy (non-hydrogen) atoms. The lowest BCUT2D eigenvalue weighted by molar-refractivity contribution is -0.144. The van der Waals surface area contributed by atoms with Crippen LogP contribution < -0.4 is 14.2 Å². The van der Waals surface area contributed by atoms with Crippen LogP contribution in [0.3, 0.4) is 0 Å². The van der Waals surface area contributed by atoms with Gasteiger partial charge in [0.15, 0.2) is 6.61 Å². The Kier molecular flexibility index (Phi) is 6.46. The standard InChI is InChI=1S/C17H17N3O7S2/c1-24-11-5-6-12(13(8-11)25-2)17-19-14(27-20-17)10-26-15(21)9-18-29(22,23)16-4-3-7-28-16/h3-8,18H,9-10H2,1-2H3. The molecule has 154 valence electrons. The summed E-state index contributed by atoms with van der Waals surface area (Å²) in [6, 6.07) is 8.13. The van der Waals surface area contributed by atoms with Gasteiger partial charge in [-0.2, -0.15) is 9.71 Å². The Labute approximate surface area is 170 Å². The molecule has 3 aromatic rings. The summed E-state index contributed by atoms with van der Waals surface area (Å²) in [6.45, 7) is -0.821. The van der Waals surface area contributed by atoms with E-state index in [1.54, 1.807) is 29.6 Å². The third-order valence-corrected chi connectivity index (χ3v) is 6.44. The van der Waals surface area contributed by atoms with E-state index < -0.39 is 22.5 Å². The van der Waals surface area contributed by atoms with Gasteiger partial charge in [-0.25, -0.2) is 8.42 Å². The van der Waals surface area contributed by atoms with Gasteiger partial charge in [-0.15, -0.1) is 11.3 Å². The second kappa shape index (κ2) is 9.03. The van der Waals surface area contributed by atoms with Gasteiger partial charge < -0.3 is 18.7 Å². The molecule has 0 aliphatic heterocycles. The minimum Gasteiger partial charge on any atom is -0.497 e. The molecule has 1 N–H and O–H groups in total. The van der Waals surface area contributed by atoms with Crippen LogP contribution in [0.1, 0.15) is 5.89 Å². The maximum Gasteiger partial charge on any atom is 0.321 e. The highest BCUT2D eigenvalue weighted by molar-refractivity contribution is 7.91. The van der Waals surface area contributed by atoms with Gasteiger partial charge in [-0.3, -0.25) is 4.79 Å². The number of hydrogen-bond acceptors (Lipinski definition) is 10. The predicted octanol–water partition coefficient (Wildman–Crippen LogP) is 1.84. The maximum absolute atomic E-state index is 12.0. The van der Waals surface area contributed by atoms with Gasteiger partial charge in [0.25, 0.3) is 15.9 Å². The van der Waals surface area contributed by atoms with Crippen LogP contribution in [0.25, 0.3) is 11.4 Å². The highest BCUT2D eigenvalue weighted by Gasteiger charge is 2.18. The molecule has 0 atom stereocenters. The third kappa shape index (κ3) is 5.10. The number of methoxy groups -OCH3 is 2. The van der Waals surface area contributed by atoms with E-state index in [0.29, 0.717) is 17.1 Å². The summed E-state index contributed by atoms with van der Waals surface area (Å²) in [4.78, 5) is 16.0. The van der Waals surface area contributed by atoms with Gasteiger partial charge in [0.05, 0.1) is 19.8 Å². The predicted molar refractivity (Wildman–Crippen MR) is 102 cm³/mol. The van der Waals surface area contributed by atoms with E-state index in [1.165, 1.54) is 20.3 Å². The van der Waals surface area contributed by atoms with Crippen LogP contribution in [0.15, 0.2) is 44.4 Å². The number of rotatable bonds is 9. The highest BCUT2D eigenvalue weighted by atomic mass is 32.2. The Morgan fingerprint density at radius 2 is 2.07 bits per heavy atom. The summed E-state index contributed by atoms with van der Waals surface area (Å²) < 4.78 is 46.7. The zero-order valence-corrected chi connectivity index (χ0v) is 17.1. The molecule has 0 aliphatic rings. The molecule has 0 spiro atoms. The van der Waals surface area contributed by atoms with E-state index in [-0.39, 0.29) is 22.5 Å². The van der Waals surface area contributed by atoms with Gasteiger partial charge in [0, 0.05) is 6.07 Å². The highest BCUT2D eigenvalue weighted by Crippen LogP contribution is 2.31. The molecule has 10 nitrogen and oxygen atoms in total. The van der Waals surface area contributed by atoms with E-state index >= 15 is 0 Å². The van der Waals surface area contributed by atoms with Crippen LogP contribution in [-0.2, 0) is 26.2 Å². The molecule has 0 radical (unpaired) electrons. The lowest BCUT2D eigenvalue weighted by Crippen LogP contribution is -2.30. The van der Waals surface area contributed by atoms with Crippen molar-refractivity contribution < 1.29 is 31.9 Å². The molecule has 0 saturated heterocycles. The van der Waals surface area contributed by atoms with Crippen molar-refractivity contribution in [2.75, 3.05) is 20.8 Å². The van der Waals surface area contributed by atoms with E-state index in [9.17, 15) is 13.2 Å². The zero-order valence-electron chi connectivity index (χ0n) is 15.4. The fraction of sp³-hybridized carbons (Fsp3) is 0.235. The molecule has 12 heteroatoms. The molecular formula is C17H17N3O7S2. The van der Waals surface area contributed by atoms with Gasteiger partial charge in [0.2, 0.25) is 5.82 Å². The van der Waals surface area contributed by atoms with Gasteiger partial charge in [-0.05, 0) is 23.6 Å². The first-order valence-electron chi connectivity index (χ1n) is 8.16. The number of carbonyl (C=O) groups excluding carboxylic acids is 1. The Balaban J connectivity index is 1.57. The third-order valence-electron chi connectivity index (χ3n) is 3.64. The van der Waals surface area contributed by atoms with E-state index in [2.05, 4.69) is 14.9 Å². The van der Waals surface area contributed by atoms with Gasteiger partial charge in [-0.1, -0.05) is 11.2 Å². The minimum absolute atomic E-state index is 0.0485. The number of aromatic nitrogens is 2. The summed E-state index contributed by atoms with van der Waals surface area (Å²) in [5, 5.41) is 5.46. The van der Waals surface area contributed by atoms with Crippen molar-refractivity contribution in [3.8, 4) is 22.9 Å². The molecule has 3 rings (SSSR count). The lowest BCUT2D eigenvalue weighted by atomic mass is 10.2. The van der Waals surface area contributed by atoms with Gasteiger partial charge in [0.1, 0.15) is 22.3 Å². The van der Waals surface area contributed by atoms with Crippen LogP contribution >= 0.6 is 11.3 Å². The van der Waals surface area contributed by atoms with Crippen molar-refractivity contribution in [1.82, 2.24) is 14.9 Å². The maximum atomic E-state index is 12.0. The van der Waals surface area contributed by atoms with Crippen molar-refractivity contribution in [3.05, 3.63) is 41.6 Å². The van der Waals surface area contributed by atoms with Crippen LogP contribution in [0.4, 0.5) is 0 Å². The number of carbonyl (C=O) groups is 1. The minimum atomic E-state index is -3.75. The molecule has 0 fully saturated rings. The largest absolute Gasteiger partial charge is 0.497 e. The van der Waals surface area contributed by atoms with Crippen LogP contribution in [0, 0.1) is 0 Å². The quantitative estimate of drug-likeness (QED) is 0.496. The number of sulfonamides is 1. The fourth-order valence-corrected chi connectivity index (χ4v) is 4.25. The first-order valence-corrected chi connectivity index (χ1v) is 10.5. The molecule has 0 aliphatic carbocycles. The molecule has 0 bridgehead atoms. The molecule has 1 aromatic carbocycles. The monoisotopic (exact) mass is 439 g/mol. The number of thiophene rings is 1. The number of nitrogens with zero attached hydrogens (tertiary/aromatic N) is 2. The van der Waals surface area contributed by atoms with Crippen molar-refractivity contribution in [3.63, 3.8) is 0 Å². The Morgan fingerprint density at radius 1 is 1.24 bits per heavy atom. The van der Waals surface area contributed by atoms with Crippen molar-refractivity contribution in [2.45, 2.75) is 10.8 Å². The average molecular weight is 439 g/mol. The lowest BCUT2D eigenvalue weighted by Gasteiger charge is -2.07. The smallest absolute Gasteiger partial charge is 0.321 e.